The number of nitro benzene ring substituents is 1. The molecule has 2 aromatic carbocycles. The van der Waals surface area contributed by atoms with E-state index in [1.807, 2.05) is 24.3 Å². The Morgan fingerprint density at radius 1 is 1.32 bits per heavy atom. The Bertz CT molecular complexity index is 999. The number of thioether (sulfide) groups is 1. The van der Waals surface area contributed by atoms with Gasteiger partial charge in [-0.1, -0.05) is 19.1 Å². The molecule has 1 fully saturated rings. The van der Waals surface area contributed by atoms with Gasteiger partial charge in [-0.25, -0.2) is 4.99 Å². The van der Waals surface area contributed by atoms with Crippen molar-refractivity contribution in [2.75, 3.05) is 7.11 Å². The monoisotopic (exact) mass is 399 g/mol. The normalized spacial score (nSPS) is 16.4. The lowest BCUT2D eigenvalue weighted by atomic mass is 10.1. The van der Waals surface area contributed by atoms with Crippen molar-refractivity contribution in [2.45, 2.75) is 13.3 Å². The molecule has 0 aliphatic carbocycles. The molecule has 2 N–H and O–H groups in total. The molecule has 0 spiro atoms. The van der Waals surface area contributed by atoms with Gasteiger partial charge >= 0.3 is 5.69 Å². The molecule has 1 aliphatic rings. The molecule has 0 radical (unpaired) electrons. The fourth-order valence-electron chi connectivity index (χ4n) is 2.55. The lowest BCUT2D eigenvalue weighted by molar-refractivity contribution is -0.386. The highest BCUT2D eigenvalue weighted by atomic mass is 32.2. The van der Waals surface area contributed by atoms with E-state index in [1.54, 1.807) is 0 Å². The van der Waals surface area contributed by atoms with Crippen LogP contribution in [0.1, 0.15) is 18.1 Å². The van der Waals surface area contributed by atoms with Crippen molar-refractivity contribution in [3.05, 3.63) is 62.5 Å². The maximum atomic E-state index is 12.2. The molecule has 1 heterocycles. The van der Waals surface area contributed by atoms with Crippen LogP contribution in [0.4, 0.5) is 11.4 Å². The largest absolute Gasteiger partial charge is 0.500 e. The first-order valence-electron chi connectivity index (χ1n) is 8.35. The number of aryl methyl sites for hydroxylation is 1. The van der Waals surface area contributed by atoms with Gasteiger partial charge in [0.25, 0.3) is 5.91 Å². The van der Waals surface area contributed by atoms with Gasteiger partial charge in [-0.2, -0.15) is 0 Å². The Morgan fingerprint density at radius 2 is 2.04 bits per heavy atom. The number of amidine groups is 1. The van der Waals surface area contributed by atoms with Crippen molar-refractivity contribution >= 4 is 40.3 Å². The number of aromatic hydroxyl groups is 1. The Hall–Kier alpha value is -3.33. The minimum absolute atomic E-state index is 0.0469. The summed E-state index contributed by atoms with van der Waals surface area (Å²) in [6.45, 7) is 2.06. The van der Waals surface area contributed by atoms with Crippen LogP contribution in [0.2, 0.25) is 0 Å². The van der Waals surface area contributed by atoms with E-state index in [-0.39, 0.29) is 11.7 Å². The molecule has 3 rings (SSSR count). The Morgan fingerprint density at radius 3 is 2.64 bits per heavy atom. The number of hydrogen-bond acceptors (Lipinski definition) is 7. The minimum atomic E-state index is -0.714. The van der Waals surface area contributed by atoms with Crippen molar-refractivity contribution in [1.29, 1.82) is 0 Å². The molecule has 0 unspecified atom stereocenters. The molecule has 0 aromatic heterocycles. The number of aliphatic imine (C=N–C) groups is 1. The Kier molecular flexibility index (Phi) is 5.65. The van der Waals surface area contributed by atoms with Gasteiger partial charge in [0.1, 0.15) is 0 Å². The number of nitrogens with one attached hydrogen (secondary N) is 1. The molecule has 1 aliphatic heterocycles. The summed E-state index contributed by atoms with van der Waals surface area (Å²) in [6, 6.07) is 10.3. The summed E-state index contributed by atoms with van der Waals surface area (Å²) in [5.74, 6) is -0.964. The standard InChI is InChI=1S/C19H17N3O5S/c1-3-11-4-6-13(7-5-11)20-19-21-18(24)16(28-19)10-12-8-14(22(25)26)17(23)15(9-12)27-2/h4-10,23H,3H2,1-2H3,(H,20,21,24). The van der Waals surface area contributed by atoms with E-state index in [0.717, 1.165) is 18.2 Å². The summed E-state index contributed by atoms with van der Waals surface area (Å²) < 4.78 is 4.97. The number of benzene rings is 2. The molecule has 9 heteroatoms. The van der Waals surface area contributed by atoms with Crippen molar-refractivity contribution in [3.63, 3.8) is 0 Å². The van der Waals surface area contributed by atoms with E-state index < -0.39 is 16.4 Å². The van der Waals surface area contributed by atoms with Crippen LogP contribution in [0, 0.1) is 10.1 Å². The lowest BCUT2D eigenvalue weighted by Crippen LogP contribution is -2.19. The molecule has 0 atom stereocenters. The van der Waals surface area contributed by atoms with E-state index in [0.29, 0.717) is 21.3 Å². The van der Waals surface area contributed by atoms with Gasteiger partial charge in [-0.3, -0.25) is 14.9 Å². The van der Waals surface area contributed by atoms with Crippen molar-refractivity contribution < 1.29 is 19.6 Å². The number of carbonyl (C=O) groups excluding carboxylic acids is 1. The van der Waals surface area contributed by atoms with E-state index >= 15 is 0 Å². The number of hydrogen-bond donors (Lipinski definition) is 2. The van der Waals surface area contributed by atoms with Gasteiger partial charge in [0, 0.05) is 6.07 Å². The second kappa shape index (κ2) is 8.13. The van der Waals surface area contributed by atoms with E-state index in [2.05, 4.69) is 17.2 Å². The molecule has 144 valence electrons. The smallest absolute Gasteiger partial charge is 0.315 e. The minimum Gasteiger partial charge on any atom is -0.500 e. The topological polar surface area (TPSA) is 114 Å². The molecular formula is C19H17N3O5S. The maximum Gasteiger partial charge on any atom is 0.315 e. The van der Waals surface area contributed by atoms with Crippen LogP contribution < -0.4 is 10.1 Å². The zero-order chi connectivity index (χ0) is 20.3. The average Bonchev–Trinajstić information content (AvgIpc) is 3.02. The van der Waals surface area contributed by atoms with Crippen molar-refractivity contribution in [1.82, 2.24) is 5.32 Å². The number of nitro groups is 1. The number of phenolic OH excluding ortho intramolecular Hbond substituents is 1. The van der Waals surface area contributed by atoms with Crippen molar-refractivity contribution in [3.8, 4) is 11.5 Å². The maximum absolute atomic E-state index is 12.2. The molecule has 0 saturated carbocycles. The number of phenols is 1. The average molecular weight is 399 g/mol. The highest BCUT2D eigenvalue weighted by Crippen LogP contribution is 2.38. The zero-order valence-electron chi connectivity index (χ0n) is 15.1. The van der Waals surface area contributed by atoms with Crippen molar-refractivity contribution in [2.24, 2.45) is 4.99 Å². The second-order valence-electron chi connectivity index (χ2n) is 5.85. The summed E-state index contributed by atoms with van der Waals surface area (Å²) in [7, 11) is 1.29. The first-order chi connectivity index (χ1) is 13.4. The van der Waals surface area contributed by atoms with Gasteiger partial charge in [0.05, 0.1) is 22.6 Å². The van der Waals surface area contributed by atoms with E-state index in [1.165, 1.54) is 30.9 Å². The highest BCUT2D eigenvalue weighted by Gasteiger charge is 2.25. The predicted octanol–water partition coefficient (Wildman–Crippen LogP) is 3.76. The number of rotatable bonds is 5. The Balaban J connectivity index is 1.89. The highest BCUT2D eigenvalue weighted by molar-refractivity contribution is 8.18. The summed E-state index contributed by atoms with van der Waals surface area (Å²) in [5.41, 5.74) is 1.76. The summed E-state index contributed by atoms with van der Waals surface area (Å²) in [5, 5.41) is 24.0. The van der Waals surface area contributed by atoms with Gasteiger partial charge in [-0.15, -0.1) is 0 Å². The fourth-order valence-corrected chi connectivity index (χ4v) is 3.39. The molecule has 28 heavy (non-hydrogen) atoms. The SMILES string of the molecule is CCc1ccc(N=C2NC(=O)C(=Cc3cc(OC)c(O)c([N+](=O)[O-])c3)S2)cc1. The summed E-state index contributed by atoms with van der Waals surface area (Å²) in [6.07, 6.45) is 2.41. The van der Waals surface area contributed by atoms with Gasteiger partial charge in [-0.05, 0) is 53.6 Å². The van der Waals surface area contributed by atoms with E-state index in [4.69, 9.17) is 4.74 Å². The number of amides is 1. The summed E-state index contributed by atoms with van der Waals surface area (Å²) >= 11 is 1.13. The first kappa shape index (κ1) is 19.4. The first-order valence-corrected chi connectivity index (χ1v) is 9.16. The molecular weight excluding hydrogens is 382 g/mol. The summed E-state index contributed by atoms with van der Waals surface area (Å²) in [4.78, 5) is 27.3. The number of methoxy groups -OCH3 is 1. The molecule has 2 aromatic rings. The molecule has 0 bridgehead atoms. The van der Waals surface area contributed by atoms with Crippen LogP contribution in [0.25, 0.3) is 6.08 Å². The molecule has 1 saturated heterocycles. The number of nitrogens with zero attached hydrogens (tertiary/aromatic N) is 2. The van der Waals surface area contributed by atoms with Crippen LogP contribution in [-0.2, 0) is 11.2 Å². The predicted molar refractivity (Wildman–Crippen MR) is 108 cm³/mol. The number of ether oxygens (including phenoxy) is 1. The van der Waals surface area contributed by atoms with E-state index in [9.17, 15) is 20.0 Å². The van der Waals surface area contributed by atoms with Gasteiger partial charge in [0.15, 0.2) is 10.9 Å². The fraction of sp³-hybridized carbons (Fsp3) is 0.158. The third-order valence-electron chi connectivity index (χ3n) is 4.02. The third kappa shape index (κ3) is 4.15. The zero-order valence-corrected chi connectivity index (χ0v) is 15.9. The number of carbonyl (C=O) groups is 1. The van der Waals surface area contributed by atoms with Crippen LogP contribution in [0.15, 0.2) is 46.3 Å². The molecule has 8 nitrogen and oxygen atoms in total. The third-order valence-corrected chi connectivity index (χ3v) is 4.93. The van der Waals surface area contributed by atoms with Crippen LogP contribution in [0.5, 0.6) is 11.5 Å². The van der Waals surface area contributed by atoms with Gasteiger partial charge in [0.2, 0.25) is 5.75 Å². The molecule has 1 amide bonds. The Labute approximate surface area is 165 Å². The quantitative estimate of drug-likeness (QED) is 0.449. The van der Waals surface area contributed by atoms with Gasteiger partial charge < -0.3 is 15.2 Å². The van der Waals surface area contributed by atoms with Crippen LogP contribution in [0.3, 0.4) is 0 Å². The second-order valence-corrected chi connectivity index (χ2v) is 6.88. The van der Waals surface area contributed by atoms with Crippen LogP contribution >= 0.6 is 11.8 Å². The van der Waals surface area contributed by atoms with Crippen LogP contribution in [-0.4, -0.2) is 28.2 Å². The lowest BCUT2D eigenvalue weighted by Gasteiger charge is -2.05.